The summed E-state index contributed by atoms with van der Waals surface area (Å²) in [4.78, 5) is 26.0. The standard InChI is InChI=1S/C16H20Br2ClNO4/c1-15(2,3)23-13(21)20(14(22)24-16(4,5)6)12-10(18)7-9(17)8-11(12)19/h7-8H,1-6H3. The molecule has 0 aromatic heterocycles. The van der Waals surface area contributed by atoms with E-state index >= 15 is 0 Å². The van der Waals surface area contributed by atoms with Crippen LogP contribution in [0, 0.1) is 0 Å². The zero-order valence-electron chi connectivity index (χ0n) is 14.4. The number of anilines is 1. The van der Waals surface area contributed by atoms with Gasteiger partial charge in [-0.25, -0.2) is 9.59 Å². The van der Waals surface area contributed by atoms with E-state index in [1.54, 1.807) is 53.7 Å². The fraction of sp³-hybridized carbons (Fsp3) is 0.500. The van der Waals surface area contributed by atoms with Crippen molar-refractivity contribution in [1.29, 1.82) is 0 Å². The molecule has 8 heteroatoms. The van der Waals surface area contributed by atoms with Crippen LogP contribution in [0.3, 0.4) is 0 Å². The van der Waals surface area contributed by atoms with Gasteiger partial charge in [-0.2, -0.15) is 4.90 Å². The Morgan fingerprint density at radius 3 is 1.71 bits per heavy atom. The van der Waals surface area contributed by atoms with Crippen molar-refractivity contribution in [1.82, 2.24) is 0 Å². The molecule has 0 N–H and O–H groups in total. The molecular weight excluding hydrogens is 465 g/mol. The zero-order chi connectivity index (χ0) is 18.9. The molecule has 0 aliphatic heterocycles. The molecule has 1 rings (SSSR count). The van der Waals surface area contributed by atoms with Gasteiger partial charge in [0, 0.05) is 8.95 Å². The molecule has 0 heterocycles. The predicted molar refractivity (Wildman–Crippen MR) is 102 cm³/mol. The van der Waals surface area contributed by atoms with Crippen LogP contribution in [0.4, 0.5) is 15.3 Å². The van der Waals surface area contributed by atoms with Crippen molar-refractivity contribution >= 4 is 61.3 Å². The van der Waals surface area contributed by atoms with Gasteiger partial charge in [0.2, 0.25) is 0 Å². The molecule has 1 aromatic carbocycles. The molecule has 0 bridgehead atoms. The molecule has 0 atom stereocenters. The second-order valence-corrected chi connectivity index (χ2v) is 9.19. The summed E-state index contributed by atoms with van der Waals surface area (Å²) in [5.41, 5.74) is -1.42. The van der Waals surface area contributed by atoms with Crippen molar-refractivity contribution in [3.63, 3.8) is 0 Å². The van der Waals surface area contributed by atoms with Crippen LogP contribution in [0.1, 0.15) is 41.5 Å². The van der Waals surface area contributed by atoms with Crippen LogP contribution in [-0.2, 0) is 9.47 Å². The lowest BCUT2D eigenvalue weighted by Crippen LogP contribution is -2.44. The van der Waals surface area contributed by atoms with E-state index in [0.717, 1.165) is 4.90 Å². The van der Waals surface area contributed by atoms with Crippen LogP contribution in [-0.4, -0.2) is 23.4 Å². The largest absolute Gasteiger partial charge is 0.443 e. The van der Waals surface area contributed by atoms with Crippen LogP contribution in [0.2, 0.25) is 5.02 Å². The maximum atomic E-state index is 12.6. The van der Waals surface area contributed by atoms with Crippen molar-refractivity contribution in [2.24, 2.45) is 0 Å². The number of ether oxygens (including phenoxy) is 2. The molecule has 134 valence electrons. The maximum absolute atomic E-state index is 12.6. The van der Waals surface area contributed by atoms with Gasteiger partial charge in [0.15, 0.2) is 0 Å². The summed E-state index contributed by atoms with van der Waals surface area (Å²) in [5.74, 6) is 0. The van der Waals surface area contributed by atoms with Crippen LogP contribution in [0.5, 0.6) is 0 Å². The molecule has 0 aliphatic carbocycles. The van der Waals surface area contributed by atoms with Gasteiger partial charge in [0.05, 0.1) is 10.7 Å². The van der Waals surface area contributed by atoms with Gasteiger partial charge in [-0.3, -0.25) is 0 Å². The molecule has 0 unspecified atom stereocenters. The van der Waals surface area contributed by atoms with Gasteiger partial charge >= 0.3 is 12.2 Å². The molecule has 2 amide bonds. The number of amides is 2. The summed E-state index contributed by atoms with van der Waals surface area (Å²) in [7, 11) is 0. The number of carbonyl (C=O) groups is 2. The van der Waals surface area contributed by atoms with Gasteiger partial charge in [-0.15, -0.1) is 0 Å². The van der Waals surface area contributed by atoms with Crippen LogP contribution >= 0.6 is 43.5 Å². The van der Waals surface area contributed by atoms with Gasteiger partial charge in [-0.1, -0.05) is 27.5 Å². The Hall–Kier alpha value is -0.790. The highest BCUT2D eigenvalue weighted by Crippen LogP contribution is 2.38. The summed E-state index contributed by atoms with van der Waals surface area (Å²) in [6, 6.07) is 3.24. The SMILES string of the molecule is CC(C)(C)OC(=O)N(C(=O)OC(C)(C)C)c1c(Cl)cc(Br)cc1Br. The molecular formula is C16H20Br2ClNO4. The van der Waals surface area contributed by atoms with Gasteiger partial charge in [0.25, 0.3) is 0 Å². The molecule has 0 aliphatic rings. The second kappa shape index (κ2) is 7.62. The van der Waals surface area contributed by atoms with E-state index in [2.05, 4.69) is 31.9 Å². The number of benzene rings is 1. The maximum Gasteiger partial charge on any atom is 0.424 e. The van der Waals surface area contributed by atoms with Gasteiger partial charge in [-0.05, 0) is 69.6 Å². The normalized spacial score (nSPS) is 11.9. The van der Waals surface area contributed by atoms with Crippen molar-refractivity contribution in [3.05, 3.63) is 26.1 Å². The van der Waals surface area contributed by atoms with Crippen LogP contribution < -0.4 is 4.90 Å². The number of hydrogen-bond donors (Lipinski definition) is 0. The Balaban J connectivity index is 3.39. The number of halogens is 3. The third-order valence-electron chi connectivity index (χ3n) is 2.36. The molecule has 0 saturated carbocycles. The van der Waals surface area contributed by atoms with Crippen molar-refractivity contribution < 1.29 is 19.1 Å². The molecule has 0 radical (unpaired) electrons. The predicted octanol–water partition coefficient (Wildman–Crippen LogP) is 6.54. The summed E-state index contributed by atoms with van der Waals surface area (Å²) in [5, 5.41) is 0.188. The number of carbonyl (C=O) groups excluding carboxylic acids is 2. The Kier molecular flexibility index (Phi) is 6.75. The van der Waals surface area contributed by atoms with E-state index in [4.69, 9.17) is 21.1 Å². The Labute approximate surface area is 163 Å². The molecule has 0 fully saturated rings. The van der Waals surface area contributed by atoms with E-state index in [9.17, 15) is 9.59 Å². The van der Waals surface area contributed by atoms with Crippen molar-refractivity contribution in [3.8, 4) is 0 Å². The quantitative estimate of drug-likeness (QED) is 0.453. The Morgan fingerprint density at radius 2 is 1.38 bits per heavy atom. The van der Waals surface area contributed by atoms with E-state index in [-0.39, 0.29) is 10.7 Å². The van der Waals surface area contributed by atoms with E-state index in [0.29, 0.717) is 8.95 Å². The summed E-state index contributed by atoms with van der Waals surface area (Å²) >= 11 is 12.9. The Morgan fingerprint density at radius 1 is 0.958 bits per heavy atom. The van der Waals surface area contributed by atoms with Crippen LogP contribution in [0.15, 0.2) is 21.1 Å². The molecule has 0 spiro atoms. The minimum atomic E-state index is -0.873. The minimum absolute atomic E-state index is 0.156. The average molecular weight is 486 g/mol. The topological polar surface area (TPSA) is 55.8 Å². The van der Waals surface area contributed by atoms with E-state index in [1.807, 2.05) is 0 Å². The van der Waals surface area contributed by atoms with Crippen molar-refractivity contribution in [2.75, 3.05) is 4.90 Å². The zero-order valence-corrected chi connectivity index (χ0v) is 18.3. The first kappa shape index (κ1) is 21.3. The lowest BCUT2D eigenvalue weighted by Gasteiger charge is -2.29. The lowest BCUT2D eigenvalue weighted by atomic mass is 10.2. The second-order valence-electron chi connectivity index (χ2n) is 7.01. The number of nitrogens with zero attached hydrogens (tertiary/aromatic N) is 1. The highest BCUT2D eigenvalue weighted by atomic mass is 79.9. The molecule has 24 heavy (non-hydrogen) atoms. The molecule has 1 aromatic rings. The fourth-order valence-electron chi connectivity index (χ4n) is 1.62. The first-order valence-corrected chi connectivity index (χ1v) is 9.08. The smallest absolute Gasteiger partial charge is 0.424 e. The number of rotatable bonds is 1. The third kappa shape index (κ3) is 6.26. The number of imide groups is 1. The fourth-order valence-corrected chi connectivity index (χ4v) is 3.57. The summed E-state index contributed by atoms with van der Waals surface area (Å²) in [6.45, 7) is 10.2. The summed E-state index contributed by atoms with van der Waals surface area (Å²) < 4.78 is 11.8. The van der Waals surface area contributed by atoms with Crippen molar-refractivity contribution in [2.45, 2.75) is 52.7 Å². The first-order chi connectivity index (χ1) is 10.7. The lowest BCUT2D eigenvalue weighted by molar-refractivity contribution is 0.0430. The number of hydrogen-bond acceptors (Lipinski definition) is 4. The van der Waals surface area contributed by atoms with E-state index in [1.165, 1.54) is 0 Å². The first-order valence-electron chi connectivity index (χ1n) is 7.12. The average Bonchev–Trinajstić information content (AvgIpc) is 2.28. The minimum Gasteiger partial charge on any atom is -0.443 e. The summed E-state index contributed by atoms with van der Waals surface area (Å²) in [6.07, 6.45) is -1.75. The van der Waals surface area contributed by atoms with Gasteiger partial charge < -0.3 is 9.47 Å². The van der Waals surface area contributed by atoms with E-state index < -0.39 is 23.4 Å². The van der Waals surface area contributed by atoms with Gasteiger partial charge in [0.1, 0.15) is 11.2 Å². The molecule has 0 saturated heterocycles. The highest BCUT2D eigenvalue weighted by Gasteiger charge is 2.35. The third-order valence-corrected chi connectivity index (χ3v) is 3.71. The highest BCUT2D eigenvalue weighted by molar-refractivity contribution is 9.11. The molecule has 5 nitrogen and oxygen atoms in total. The Bertz CT molecular complexity index is 599. The van der Waals surface area contributed by atoms with Crippen LogP contribution in [0.25, 0.3) is 0 Å². The monoisotopic (exact) mass is 483 g/mol.